The van der Waals surface area contributed by atoms with E-state index in [0.29, 0.717) is 10.0 Å². The summed E-state index contributed by atoms with van der Waals surface area (Å²) in [6.45, 7) is 0. The molecule has 3 nitrogen and oxygen atoms in total. The smallest absolute Gasteiger partial charge is 0.138 e. The number of pyridine rings is 1. The lowest BCUT2D eigenvalue weighted by Crippen LogP contribution is -1.84. The SMILES string of the molecule is Oc1c(Br)cccc1C=Nc1cccc2cccnc12. The Kier molecular flexibility index (Phi) is 3.48. The van der Waals surface area contributed by atoms with E-state index < -0.39 is 0 Å². The van der Waals surface area contributed by atoms with Crippen molar-refractivity contribution in [2.45, 2.75) is 0 Å². The lowest BCUT2D eigenvalue weighted by molar-refractivity contribution is 0.471. The number of rotatable bonds is 2. The summed E-state index contributed by atoms with van der Waals surface area (Å²) >= 11 is 3.29. The van der Waals surface area contributed by atoms with E-state index >= 15 is 0 Å². The van der Waals surface area contributed by atoms with Crippen LogP contribution in [-0.4, -0.2) is 16.3 Å². The van der Waals surface area contributed by atoms with Gasteiger partial charge in [-0.1, -0.05) is 24.3 Å². The third-order valence-electron chi connectivity index (χ3n) is 2.97. The number of halogens is 1. The number of para-hydroxylation sites is 2. The first-order valence-corrected chi connectivity index (χ1v) is 6.90. The Morgan fingerprint density at radius 2 is 1.85 bits per heavy atom. The summed E-state index contributed by atoms with van der Waals surface area (Å²) in [5.74, 6) is 0.185. The Hall–Kier alpha value is -2.20. The zero-order valence-electron chi connectivity index (χ0n) is 10.5. The summed E-state index contributed by atoms with van der Waals surface area (Å²) in [6.07, 6.45) is 3.39. The molecule has 20 heavy (non-hydrogen) atoms. The number of aromatic hydroxyl groups is 1. The number of fused-ring (bicyclic) bond motifs is 1. The van der Waals surface area contributed by atoms with E-state index in [1.165, 1.54) is 0 Å². The number of benzene rings is 2. The summed E-state index contributed by atoms with van der Waals surface area (Å²) in [7, 11) is 0. The number of phenolic OH excluding ortho intramolecular Hbond substituents is 1. The van der Waals surface area contributed by atoms with Crippen molar-refractivity contribution in [3.63, 3.8) is 0 Å². The number of phenols is 1. The monoisotopic (exact) mass is 326 g/mol. The quantitative estimate of drug-likeness (QED) is 0.707. The van der Waals surface area contributed by atoms with Crippen LogP contribution in [0, 0.1) is 0 Å². The van der Waals surface area contributed by atoms with Crippen LogP contribution in [0.15, 0.2) is 64.2 Å². The molecular formula is C16H11BrN2O. The minimum atomic E-state index is 0.185. The van der Waals surface area contributed by atoms with E-state index in [4.69, 9.17) is 0 Å². The van der Waals surface area contributed by atoms with Gasteiger partial charge in [0.15, 0.2) is 0 Å². The summed E-state index contributed by atoms with van der Waals surface area (Å²) in [6, 6.07) is 15.2. The molecular weight excluding hydrogens is 316 g/mol. The first-order chi connectivity index (χ1) is 9.75. The number of nitrogens with zero attached hydrogens (tertiary/aromatic N) is 2. The first kappa shape index (κ1) is 12.8. The third kappa shape index (κ3) is 2.42. The molecule has 0 saturated heterocycles. The predicted molar refractivity (Wildman–Crippen MR) is 84.8 cm³/mol. The summed E-state index contributed by atoms with van der Waals surface area (Å²) in [4.78, 5) is 8.79. The van der Waals surface area contributed by atoms with Crippen LogP contribution in [0.4, 0.5) is 5.69 Å². The zero-order chi connectivity index (χ0) is 13.9. The van der Waals surface area contributed by atoms with Gasteiger partial charge >= 0.3 is 0 Å². The lowest BCUT2D eigenvalue weighted by Gasteiger charge is -2.02. The van der Waals surface area contributed by atoms with Crippen molar-refractivity contribution in [1.29, 1.82) is 0 Å². The molecule has 0 spiro atoms. The molecule has 0 aliphatic rings. The molecule has 0 radical (unpaired) electrons. The number of aliphatic imine (C=N–C) groups is 1. The van der Waals surface area contributed by atoms with Gasteiger partial charge in [0, 0.05) is 23.4 Å². The topological polar surface area (TPSA) is 45.5 Å². The van der Waals surface area contributed by atoms with Gasteiger partial charge in [0.25, 0.3) is 0 Å². The van der Waals surface area contributed by atoms with Crippen LogP contribution in [-0.2, 0) is 0 Å². The van der Waals surface area contributed by atoms with Crippen LogP contribution >= 0.6 is 15.9 Å². The molecule has 2 aromatic carbocycles. The summed E-state index contributed by atoms with van der Waals surface area (Å²) < 4.78 is 0.650. The molecule has 3 aromatic rings. The highest BCUT2D eigenvalue weighted by atomic mass is 79.9. The highest BCUT2D eigenvalue weighted by Gasteiger charge is 2.03. The molecule has 0 bridgehead atoms. The van der Waals surface area contributed by atoms with Crippen LogP contribution in [0.2, 0.25) is 0 Å². The largest absolute Gasteiger partial charge is 0.506 e. The van der Waals surface area contributed by atoms with E-state index in [-0.39, 0.29) is 5.75 Å². The van der Waals surface area contributed by atoms with Crippen molar-refractivity contribution in [2.24, 2.45) is 4.99 Å². The molecule has 4 heteroatoms. The minimum absolute atomic E-state index is 0.185. The number of hydrogen-bond acceptors (Lipinski definition) is 3. The average Bonchev–Trinajstić information content (AvgIpc) is 2.49. The fraction of sp³-hybridized carbons (Fsp3) is 0. The fourth-order valence-corrected chi connectivity index (χ4v) is 2.35. The van der Waals surface area contributed by atoms with Crippen LogP contribution in [0.1, 0.15) is 5.56 Å². The molecule has 0 fully saturated rings. The summed E-state index contributed by atoms with van der Waals surface area (Å²) in [5.41, 5.74) is 2.29. The van der Waals surface area contributed by atoms with Crippen LogP contribution in [0.3, 0.4) is 0 Å². The van der Waals surface area contributed by atoms with Gasteiger partial charge in [-0.2, -0.15) is 0 Å². The molecule has 0 aliphatic heterocycles. The normalized spacial score (nSPS) is 11.2. The average molecular weight is 327 g/mol. The van der Waals surface area contributed by atoms with Crippen LogP contribution < -0.4 is 0 Å². The van der Waals surface area contributed by atoms with E-state index in [9.17, 15) is 5.11 Å². The summed E-state index contributed by atoms with van der Waals surface area (Å²) in [5, 5.41) is 11.0. The van der Waals surface area contributed by atoms with Crippen molar-refractivity contribution >= 4 is 38.7 Å². The van der Waals surface area contributed by atoms with Gasteiger partial charge < -0.3 is 5.11 Å². The van der Waals surface area contributed by atoms with Crippen molar-refractivity contribution in [1.82, 2.24) is 4.98 Å². The van der Waals surface area contributed by atoms with Gasteiger partial charge in [-0.15, -0.1) is 0 Å². The molecule has 1 aromatic heterocycles. The Balaban J connectivity index is 2.05. The maximum Gasteiger partial charge on any atom is 0.138 e. The Morgan fingerprint density at radius 1 is 1.05 bits per heavy atom. The maximum absolute atomic E-state index is 9.94. The molecule has 3 rings (SSSR count). The van der Waals surface area contributed by atoms with Gasteiger partial charge in [-0.25, -0.2) is 0 Å². The van der Waals surface area contributed by atoms with Crippen LogP contribution in [0.5, 0.6) is 5.75 Å². The molecule has 0 unspecified atom stereocenters. The molecule has 0 saturated carbocycles. The first-order valence-electron chi connectivity index (χ1n) is 6.11. The highest BCUT2D eigenvalue weighted by molar-refractivity contribution is 9.10. The third-order valence-corrected chi connectivity index (χ3v) is 3.61. The van der Waals surface area contributed by atoms with E-state index in [1.807, 2.05) is 42.5 Å². The standard InChI is InChI=1S/C16H11BrN2O/c17-13-7-1-5-12(16(13)20)10-19-14-8-2-4-11-6-3-9-18-15(11)14/h1-10,20H. The van der Waals surface area contributed by atoms with Gasteiger partial charge in [0.2, 0.25) is 0 Å². The van der Waals surface area contributed by atoms with Crippen molar-refractivity contribution in [3.8, 4) is 5.75 Å². The molecule has 1 N–H and O–H groups in total. The van der Waals surface area contributed by atoms with Crippen LogP contribution in [0.25, 0.3) is 10.9 Å². The Bertz CT molecular complexity index is 794. The van der Waals surface area contributed by atoms with Gasteiger partial charge in [-0.3, -0.25) is 9.98 Å². The minimum Gasteiger partial charge on any atom is -0.506 e. The molecule has 0 aliphatic carbocycles. The van der Waals surface area contributed by atoms with Crippen molar-refractivity contribution in [3.05, 3.63) is 64.8 Å². The van der Waals surface area contributed by atoms with Crippen molar-refractivity contribution < 1.29 is 5.11 Å². The van der Waals surface area contributed by atoms with Gasteiger partial charge in [0.05, 0.1) is 15.7 Å². The Labute approximate surface area is 124 Å². The fourth-order valence-electron chi connectivity index (χ4n) is 1.97. The van der Waals surface area contributed by atoms with Crippen molar-refractivity contribution in [2.75, 3.05) is 0 Å². The molecule has 0 amide bonds. The highest BCUT2D eigenvalue weighted by Crippen LogP contribution is 2.28. The van der Waals surface area contributed by atoms with E-state index in [2.05, 4.69) is 25.9 Å². The van der Waals surface area contributed by atoms with E-state index in [1.54, 1.807) is 18.5 Å². The second-order valence-corrected chi connectivity index (χ2v) is 5.14. The second kappa shape index (κ2) is 5.43. The second-order valence-electron chi connectivity index (χ2n) is 4.29. The van der Waals surface area contributed by atoms with E-state index in [0.717, 1.165) is 16.6 Å². The lowest BCUT2D eigenvalue weighted by atomic mass is 10.2. The molecule has 98 valence electrons. The van der Waals surface area contributed by atoms with Gasteiger partial charge in [-0.05, 0) is 40.2 Å². The number of hydrogen-bond donors (Lipinski definition) is 1. The predicted octanol–water partition coefficient (Wildman–Crippen LogP) is 4.45. The van der Waals surface area contributed by atoms with Gasteiger partial charge in [0.1, 0.15) is 5.75 Å². The Morgan fingerprint density at radius 3 is 2.75 bits per heavy atom. The molecule has 0 atom stereocenters. The molecule has 1 heterocycles. The zero-order valence-corrected chi connectivity index (χ0v) is 12.1. The maximum atomic E-state index is 9.94. The number of aromatic nitrogens is 1.